The van der Waals surface area contributed by atoms with Gasteiger partial charge in [0.25, 0.3) is 0 Å². The number of rotatable bonds is 1. The molecule has 66 valence electrons. The number of diazo groups is 1. The molecule has 0 radical (unpaired) electrons. The van der Waals surface area contributed by atoms with Gasteiger partial charge in [-0.25, -0.2) is 0 Å². The van der Waals surface area contributed by atoms with Crippen LogP contribution in [0.1, 0.15) is 0 Å². The Morgan fingerprint density at radius 2 is 1.62 bits per heavy atom. The number of benzene rings is 1. The van der Waals surface area contributed by atoms with Gasteiger partial charge in [0.1, 0.15) is 0 Å². The van der Waals surface area contributed by atoms with E-state index >= 15 is 0 Å². The van der Waals surface area contributed by atoms with Crippen molar-refractivity contribution >= 4 is 54.4 Å². The molecular weight excluding hydrogens is 193 g/mol. The van der Waals surface area contributed by atoms with Gasteiger partial charge in [-0.15, -0.1) is 0 Å². The Kier molecular flexibility index (Phi) is 8.48. The zero-order valence-electron chi connectivity index (χ0n) is 7.15. The third-order valence-corrected chi connectivity index (χ3v) is 1.48. The van der Waals surface area contributed by atoms with Crippen LogP contribution in [-0.4, -0.2) is 43.7 Å². The standard InChI is InChI=1S/C8H10N3.Na.H2S.H/c1-11(2)8-5-3-7(10-9)4-6-8;;;/h3-6H,1-2H3;;1H2;/q+1;;;. The van der Waals surface area contributed by atoms with Crippen molar-refractivity contribution in [3.8, 4) is 0 Å². The van der Waals surface area contributed by atoms with Crippen LogP contribution in [0.2, 0.25) is 0 Å². The summed E-state index contributed by atoms with van der Waals surface area (Å²) in [6.45, 7) is 0. The Bertz CT molecular complexity index is 278. The van der Waals surface area contributed by atoms with Crippen LogP contribution < -0.4 is 4.90 Å². The molecule has 1 aromatic rings. The molecule has 0 saturated heterocycles. The second kappa shape index (κ2) is 7.22. The van der Waals surface area contributed by atoms with Gasteiger partial charge in [-0.05, 0) is 12.1 Å². The normalized spacial score (nSPS) is 7.46. The summed E-state index contributed by atoms with van der Waals surface area (Å²) in [5.41, 5.74) is 1.67. The molecule has 1 aromatic carbocycles. The Morgan fingerprint density at radius 3 is 1.92 bits per heavy atom. The molecule has 0 bridgehead atoms. The quantitative estimate of drug-likeness (QED) is 0.517. The fourth-order valence-corrected chi connectivity index (χ4v) is 0.817. The molecule has 0 unspecified atom stereocenters. The first-order valence-electron chi connectivity index (χ1n) is 3.36. The molecule has 13 heavy (non-hydrogen) atoms. The molecule has 0 aliphatic heterocycles. The summed E-state index contributed by atoms with van der Waals surface area (Å²) in [4.78, 5) is 5.04. The van der Waals surface area contributed by atoms with E-state index in [-0.39, 0.29) is 43.1 Å². The molecule has 0 atom stereocenters. The van der Waals surface area contributed by atoms with Crippen LogP contribution >= 0.6 is 13.5 Å². The minimum absolute atomic E-state index is 0. The fraction of sp³-hybridized carbons (Fsp3) is 0.250. The average Bonchev–Trinajstić information content (AvgIpc) is 2.05. The minimum atomic E-state index is 0. The molecule has 5 heteroatoms. The number of hydrogen-bond donors (Lipinski definition) is 0. The van der Waals surface area contributed by atoms with Crippen molar-refractivity contribution in [2.45, 2.75) is 0 Å². The summed E-state index contributed by atoms with van der Waals surface area (Å²) in [5.74, 6) is 0. The van der Waals surface area contributed by atoms with Crippen molar-refractivity contribution in [1.29, 1.82) is 5.39 Å². The van der Waals surface area contributed by atoms with E-state index in [0.717, 1.165) is 5.69 Å². The third-order valence-electron chi connectivity index (χ3n) is 1.48. The monoisotopic (exact) mass is 206 g/mol. The van der Waals surface area contributed by atoms with Crippen molar-refractivity contribution < 1.29 is 0 Å². The second-order valence-corrected chi connectivity index (χ2v) is 2.51. The molecule has 0 aromatic heterocycles. The predicted molar refractivity (Wildman–Crippen MR) is 63.0 cm³/mol. The maximum atomic E-state index is 8.38. The third kappa shape index (κ3) is 4.53. The van der Waals surface area contributed by atoms with Gasteiger partial charge in [0, 0.05) is 31.9 Å². The summed E-state index contributed by atoms with van der Waals surface area (Å²) in [5, 5.41) is 8.38. The molecule has 0 N–H and O–H groups in total. The van der Waals surface area contributed by atoms with Crippen LogP contribution in [-0.2, 0) is 0 Å². The van der Waals surface area contributed by atoms with Gasteiger partial charge >= 0.3 is 35.2 Å². The predicted octanol–water partition coefficient (Wildman–Crippen LogP) is 1.70. The average molecular weight is 206 g/mol. The van der Waals surface area contributed by atoms with Crippen LogP contribution in [0.25, 0.3) is 4.98 Å². The van der Waals surface area contributed by atoms with E-state index in [1.807, 2.05) is 31.1 Å². The molecule has 0 aliphatic carbocycles. The summed E-state index contributed by atoms with van der Waals surface area (Å²) in [6, 6.07) is 7.31. The molecule has 0 saturated carbocycles. The summed E-state index contributed by atoms with van der Waals surface area (Å²) in [6.07, 6.45) is 0. The number of hydrogen-bond acceptors (Lipinski definition) is 2. The Balaban J connectivity index is 0. The van der Waals surface area contributed by atoms with Crippen molar-refractivity contribution in [3.05, 3.63) is 29.2 Å². The van der Waals surface area contributed by atoms with Gasteiger partial charge in [0.15, 0.2) is 4.98 Å². The van der Waals surface area contributed by atoms with Gasteiger partial charge < -0.3 is 4.90 Å². The SMILES string of the molecule is CN(C)c1ccc([N+]#N)cc1.S.[NaH]. The van der Waals surface area contributed by atoms with E-state index in [1.54, 1.807) is 12.1 Å². The topological polar surface area (TPSA) is 31.4 Å². The van der Waals surface area contributed by atoms with Crippen LogP contribution in [0.3, 0.4) is 0 Å². The Hall–Kier alpha value is -0.210. The van der Waals surface area contributed by atoms with Gasteiger partial charge in [0.2, 0.25) is 5.39 Å². The fourth-order valence-electron chi connectivity index (χ4n) is 0.817. The van der Waals surface area contributed by atoms with Crippen molar-refractivity contribution in [1.82, 2.24) is 0 Å². The Labute approximate surface area is 107 Å². The van der Waals surface area contributed by atoms with E-state index in [1.165, 1.54) is 0 Å². The first-order valence-corrected chi connectivity index (χ1v) is 3.36. The number of anilines is 1. The first-order chi connectivity index (χ1) is 5.24. The maximum absolute atomic E-state index is 8.38. The molecular formula is C8H13N3NaS+. The summed E-state index contributed by atoms with van der Waals surface area (Å²) >= 11 is 0. The van der Waals surface area contributed by atoms with E-state index < -0.39 is 0 Å². The van der Waals surface area contributed by atoms with Gasteiger partial charge in [-0.2, -0.15) is 13.5 Å². The Morgan fingerprint density at radius 1 is 1.15 bits per heavy atom. The first kappa shape index (κ1) is 15.3. The van der Waals surface area contributed by atoms with Crippen molar-refractivity contribution in [2.24, 2.45) is 0 Å². The number of nitrogens with zero attached hydrogens (tertiary/aromatic N) is 3. The van der Waals surface area contributed by atoms with Crippen LogP contribution in [0.15, 0.2) is 24.3 Å². The van der Waals surface area contributed by atoms with Crippen molar-refractivity contribution in [3.63, 3.8) is 0 Å². The molecule has 3 nitrogen and oxygen atoms in total. The van der Waals surface area contributed by atoms with Crippen LogP contribution in [0, 0.1) is 5.39 Å². The van der Waals surface area contributed by atoms with Gasteiger partial charge in [-0.1, -0.05) is 0 Å². The van der Waals surface area contributed by atoms with Crippen LogP contribution in [0.5, 0.6) is 0 Å². The van der Waals surface area contributed by atoms with E-state index in [9.17, 15) is 0 Å². The van der Waals surface area contributed by atoms with Crippen LogP contribution in [0.4, 0.5) is 11.4 Å². The molecule has 0 fully saturated rings. The molecule has 1 rings (SSSR count). The molecule has 0 heterocycles. The molecule has 0 aliphatic rings. The zero-order chi connectivity index (χ0) is 8.27. The second-order valence-electron chi connectivity index (χ2n) is 2.51. The molecule has 0 amide bonds. The molecule has 0 spiro atoms. The van der Waals surface area contributed by atoms with E-state index in [2.05, 4.69) is 4.98 Å². The van der Waals surface area contributed by atoms with E-state index in [0.29, 0.717) is 5.69 Å². The summed E-state index contributed by atoms with van der Waals surface area (Å²) < 4.78 is 0. The van der Waals surface area contributed by atoms with E-state index in [4.69, 9.17) is 5.39 Å². The van der Waals surface area contributed by atoms with Crippen molar-refractivity contribution in [2.75, 3.05) is 19.0 Å². The van der Waals surface area contributed by atoms with Gasteiger partial charge in [0.05, 0.1) is 0 Å². The zero-order valence-corrected chi connectivity index (χ0v) is 8.15. The van der Waals surface area contributed by atoms with Gasteiger partial charge in [-0.3, -0.25) is 0 Å². The summed E-state index contributed by atoms with van der Waals surface area (Å²) in [7, 11) is 3.93.